The summed E-state index contributed by atoms with van der Waals surface area (Å²) in [6.45, 7) is 4.03. The Bertz CT molecular complexity index is 1500. The van der Waals surface area contributed by atoms with Gasteiger partial charge in [0, 0.05) is 22.4 Å². The van der Waals surface area contributed by atoms with Crippen molar-refractivity contribution < 1.29 is 18.1 Å². The number of hydrogen-bond donors (Lipinski definition) is 1. The lowest BCUT2D eigenvalue weighted by Gasteiger charge is -2.04. The Morgan fingerprint density at radius 2 is 1.76 bits per heavy atom. The summed E-state index contributed by atoms with van der Waals surface area (Å²) < 4.78 is 24.7. The van der Waals surface area contributed by atoms with Crippen molar-refractivity contribution in [2.24, 2.45) is 5.73 Å². The first-order valence-electron chi connectivity index (χ1n) is 10.9. The highest BCUT2D eigenvalue weighted by atomic mass is 19.1. The number of furan rings is 1. The van der Waals surface area contributed by atoms with Crippen LogP contribution in [-0.4, -0.2) is 16.0 Å². The largest absolute Gasteiger partial charge is 0.455 e. The van der Waals surface area contributed by atoms with E-state index in [9.17, 15) is 9.18 Å². The van der Waals surface area contributed by atoms with Crippen LogP contribution in [0, 0.1) is 5.82 Å². The number of carbonyl (C=O) groups is 1. The number of primary amides is 1. The molecule has 34 heavy (non-hydrogen) atoms. The van der Waals surface area contributed by atoms with E-state index in [1.807, 2.05) is 56.3 Å². The Hall–Kier alpha value is -4.26. The summed E-state index contributed by atoms with van der Waals surface area (Å²) >= 11 is 0. The van der Waals surface area contributed by atoms with E-state index >= 15 is 0 Å². The van der Waals surface area contributed by atoms with Gasteiger partial charge in [0.25, 0.3) is 11.8 Å². The number of fused-ring (bicyclic) bond motifs is 1. The first-order chi connectivity index (χ1) is 16.4. The molecule has 2 N–H and O–H groups in total. The summed E-state index contributed by atoms with van der Waals surface area (Å²) in [6, 6.07) is 19.3. The van der Waals surface area contributed by atoms with Gasteiger partial charge in [0.1, 0.15) is 17.2 Å². The van der Waals surface area contributed by atoms with E-state index in [0.29, 0.717) is 40.4 Å². The fourth-order valence-electron chi connectivity index (χ4n) is 3.94. The van der Waals surface area contributed by atoms with Crippen molar-refractivity contribution in [3.63, 3.8) is 0 Å². The third-order valence-corrected chi connectivity index (χ3v) is 5.65. The monoisotopic (exact) mass is 455 g/mol. The molecular weight excluding hydrogens is 433 g/mol. The Balaban J connectivity index is 1.50. The predicted octanol–water partition coefficient (Wildman–Crippen LogP) is 6.10. The average Bonchev–Trinajstić information content (AvgIpc) is 3.45. The van der Waals surface area contributed by atoms with E-state index in [1.54, 1.807) is 12.1 Å². The Kier molecular flexibility index (Phi) is 5.45. The fourth-order valence-corrected chi connectivity index (χ4v) is 3.94. The number of benzene rings is 3. The zero-order chi connectivity index (χ0) is 23.8. The summed E-state index contributed by atoms with van der Waals surface area (Å²) in [6.07, 6.45) is 0.615. The lowest BCUT2D eigenvalue weighted by Crippen LogP contribution is -2.11. The maximum absolute atomic E-state index is 13.4. The zero-order valence-corrected chi connectivity index (χ0v) is 18.7. The highest BCUT2D eigenvalue weighted by Crippen LogP contribution is 2.34. The van der Waals surface area contributed by atoms with E-state index in [0.717, 1.165) is 16.7 Å². The Morgan fingerprint density at radius 1 is 1.00 bits per heavy atom. The minimum atomic E-state index is -0.602. The second-order valence-corrected chi connectivity index (χ2v) is 8.50. The van der Waals surface area contributed by atoms with Crippen LogP contribution in [-0.2, 0) is 6.42 Å². The van der Waals surface area contributed by atoms with Gasteiger partial charge in [-0.1, -0.05) is 37.2 Å². The SMILES string of the molecule is CC(C)c1noc(-c2cccc(Cc3ccc4oc(-c5ccc(F)cc5)c(C(N)=O)c4c3)c2)n1. The second kappa shape index (κ2) is 8.59. The van der Waals surface area contributed by atoms with Crippen LogP contribution in [0.1, 0.15) is 47.1 Å². The molecule has 7 heteroatoms. The van der Waals surface area contributed by atoms with E-state index in [1.165, 1.54) is 12.1 Å². The van der Waals surface area contributed by atoms with Gasteiger partial charge < -0.3 is 14.7 Å². The molecule has 0 atom stereocenters. The number of hydrogen-bond acceptors (Lipinski definition) is 5. The van der Waals surface area contributed by atoms with Crippen molar-refractivity contribution in [2.45, 2.75) is 26.2 Å². The quantitative estimate of drug-likeness (QED) is 0.334. The van der Waals surface area contributed by atoms with E-state index in [2.05, 4.69) is 10.1 Å². The third-order valence-electron chi connectivity index (χ3n) is 5.65. The fraction of sp³-hybridized carbons (Fsp3) is 0.148. The maximum Gasteiger partial charge on any atom is 0.257 e. The first kappa shape index (κ1) is 21.6. The third kappa shape index (κ3) is 4.08. The predicted molar refractivity (Wildman–Crippen MR) is 127 cm³/mol. The maximum atomic E-state index is 13.4. The van der Waals surface area contributed by atoms with Crippen molar-refractivity contribution in [3.05, 3.63) is 95.1 Å². The van der Waals surface area contributed by atoms with Crippen LogP contribution >= 0.6 is 0 Å². The van der Waals surface area contributed by atoms with Crippen LogP contribution in [0.4, 0.5) is 4.39 Å². The number of rotatable bonds is 6. The molecule has 3 aromatic carbocycles. The van der Waals surface area contributed by atoms with Crippen molar-refractivity contribution in [3.8, 4) is 22.8 Å². The summed E-state index contributed by atoms with van der Waals surface area (Å²) in [5, 5.41) is 4.66. The second-order valence-electron chi connectivity index (χ2n) is 8.50. The molecule has 2 heterocycles. The van der Waals surface area contributed by atoms with Gasteiger partial charge in [-0.25, -0.2) is 4.39 Å². The van der Waals surface area contributed by atoms with Gasteiger partial charge in [-0.15, -0.1) is 0 Å². The van der Waals surface area contributed by atoms with Crippen LogP contribution in [0.15, 0.2) is 75.7 Å². The Labute approximate surface area is 195 Å². The van der Waals surface area contributed by atoms with Gasteiger partial charge in [0.2, 0.25) is 0 Å². The average molecular weight is 455 g/mol. The van der Waals surface area contributed by atoms with Gasteiger partial charge in [-0.3, -0.25) is 4.79 Å². The molecule has 1 amide bonds. The van der Waals surface area contributed by atoms with Gasteiger partial charge in [0.15, 0.2) is 5.82 Å². The Morgan fingerprint density at radius 3 is 2.47 bits per heavy atom. The molecule has 5 aromatic rings. The first-order valence-corrected chi connectivity index (χ1v) is 10.9. The molecule has 0 radical (unpaired) electrons. The summed E-state index contributed by atoms with van der Waals surface area (Å²) in [7, 11) is 0. The van der Waals surface area contributed by atoms with Crippen LogP contribution in [0.3, 0.4) is 0 Å². The number of amides is 1. The lowest BCUT2D eigenvalue weighted by atomic mass is 9.99. The molecule has 0 aliphatic rings. The molecule has 0 saturated carbocycles. The van der Waals surface area contributed by atoms with Crippen LogP contribution in [0.25, 0.3) is 33.7 Å². The normalized spacial score (nSPS) is 11.4. The molecule has 0 bridgehead atoms. The molecule has 5 rings (SSSR count). The number of aromatic nitrogens is 2. The number of nitrogens with two attached hydrogens (primary N) is 1. The summed E-state index contributed by atoms with van der Waals surface area (Å²) in [5.74, 6) is 0.693. The van der Waals surface area contributed by atoms with Crippen molar-refractivity contribution in [1.82, 2.24) is 10.1 Å². The summed E-state index contributed by atoms with van der Waals surface area (Å²) in [4.78, 5) is 16.8. The molecule has 170 valence electrons. The van der Waals surface area contributed by atoms with E-state index in [-0.39, 0.29) is 17.3 Å². The topological polar surface area (TPSA) is 95.1 Å². The zero-order valence-electron chi connectivity index (χ0n) is 18.7. The highest BCUT2D eigenvalue weighted by molar-refractivity contribution is 6.10. The van der Waals surface area contributed by atoms with Crippen LogP contribution in [0.5, 0.6) is 0 Å². The number of halogens is 1. The summed E-state index contributed by atoms with van der Waals surface area (Å²) in [5.41, 5.74) is 9.98. The number of carbonyl (C=O) groups excluding carboxylic acids is 1. The molecular formula is C27H22FN3O3. The van der Waals surface area contributed by atoms with Crippen LogP contribution in [0.2, 0.25) is 0 Å². The van der Waals surface area contributed by atoms with Crippen molar-refractivity contribution in [2.75, 3.05) is 0 Å². The van der Waals surface area contributed by atoms with Gasteiger partial charge >= 0.3 is 0 Å². The molecule has 0 spiro atoms. The van der Waals surface area contributed by atoms with E-state index in [4.69, 9.17) is 14.7 Å². The van der Waals surface area contributed by atoms with E-state index < -0.39 is 5.91 Å². The molecule has 6 nitrogen and oxygen atoms in total. The number of nitrogens with zero attached hydrogens (tertiary/aromatic N) is 2. The molecule has 0 aliphatic carbocycles. The standard InChI is InChI=1S/C27H22FN3O3/c1-15(2)26-30-27(34-31-26)19-5-3-4-16(13-19)12-17-6-11-22-21(14-17)23(25(29)32)24(33-22)18-7-9-20(28)10-8-18/h3-11,13-15H,12H2,1-2H3,(H2,29,32). The molecule has 0 fully saturated rings. The van der Waals surface area contributed by atoms with Crippen LogP contribution < -0.4 is 5.73 Å². The van der Waals surface area contributed by atoms with Gasteiger partial charge in [-0.2, -0.15) is 4.98 Å². The molecule has 0 unspecified atom stereocenters. The van der Waals surface area contributed by atoms with Gasteiger partial charge in [-0.05, 0) is 66.1 Å². The minimum absolute atomic E-state index is 0.182. The molecule has 2 aromatic heterocycles. The smallest absolute Gasteiger partial charge is 0.257 e. The highest BCUT2D eigenvalue weighted by Gasteiger charge is 2.21. The van der Waals surface area contributed by atoms with Crippen molar-refractivity contribution in [1.29, 1.82) is 0 Å². The minimum Gasteiger partial charge on any atom is -0.455 e. The van der Waals surface area contributed by atoms with Gasteiger partial charge in [0.05, 0.1) is 5.56 Å². The lowest BCUT2D eigenvalue weighted by molar-refractivity contribution is 0.100. The van der Waals surface area contributed by atoms with Crippen molar-refractivity contribution >= 4 is 16.9 Å². The molecule has 0 saturated heterocycles. The molecule has 0 aliphatic heterocycles.